The Balaban J connectivity index is 1.58. The molecule has 0 aliphatic carbocycles. The van der Waals surface area contributed by atoms with E-state index < -0.39 is 23.2 Å². The van der Waals surface area contributed by atoms with Crippen molar-refractivity contribution in [2.24, 2.45) is 5.41 Å². The van der Waals surface area contributed by atoms with Crippen molar-refractivity contribution in [1.82, 2.24) is 5.32 Å². The number of rotatable bonds is 5. The van der Waals surface area contributed by atoms with E-state index in [1.807, 2.05) is 6.92 Å². The van der Waals surface area contributed by atoms with Crippen molar-refractivity contribution in [1.29, 1.82) is 0 Å². The molecule has 6 rings (SSSR count). The SMILES string of the molecule is Cc1ccc(F)cc1C1NC(=O)CC(c2cc(Cl)ccc2OCC2(C)COC2)C12C(=O)Nc1cc(Cl)ccc12. The maximum Gasteiger partial charge on any atom is 0.238 e. The van der Waals surface area contributed by atoms with E-state index in [2.05, 4.69) is 17.6 Å². The van der Waals surface area contributed by atoms with Crippen molar-refractivity contribution < 1.29 is 23.5 Å². The molecule has 3 aromatic rings. The zero-order chi connectivity index (χ0) is 27.5. The first-order valence-corrected chi connectivity index (χ1v) is 13.5. The summed E-state index contributed by atoms with van der Waals surface area (Å²) in [5.74, 6) is -1.18. The number of aryl methyl sites for hydroxylation is 1. The Hall–Kier alpha value is -3.13. The van der Waals surface area contributed by atoms with E-state index in [4.69, 9.17) is 32.7 Å². The summed E-state index contributed by atoms with van der Waals surface area (Å²) in [5.41, 5.74) is 1.66. The van der Waals surface area contributed by atoms with E-state index in [9.17, 15) is 14.0 Å². The molecule has 202 valence electrons. The van der Waals surface area contributed by atoms with E-state index in [0.717, 1.165) is 5.56 Å². The van der Waals surface area contributed by atoms with Crippen LogP contribution < -0.4 is 15.4 Å². The Kier molecular flexibility index (Phi) is 6.36. The molecule has 2 amide bonds. The third-order valence-electron chi connectivity index (χ3n) is 8.13. The highest BCUT2D eigenvalue weighted by molar-refractivity contribution is 6.31. The van der Waals surface area contributed by atoms with Gasteiger partial charge in [-0.3, -0.25) is 9.59 Å². The Morgan fingerprint density at radius 1 is 1.03 bits per heavy atom. The van der Waals surface area contributed by atoms with Crippen LogP contribution in [0.5, 0.6) is 5.75 Å². The molecule has 3 aliphatic rings. The standard InChI is InChI=1S/C30H27Cl2FN2O4/c1-16-3-6-19(33)11-20(16)27-30(22-7-4-18(32)10-24(22)34-28(30)37)23(12-26(36)35-27)21-9-17(31)5-8-25(21)39-15-29(2)13-38-14-29/h3-11,23,27H,12-15H2,1-2H3,(H,34,37)(H,35,36). The largest absolute Gasteiger partial charge is 0.493 e. The summed E-state index contributed by atoms with van der Waals surface area (Å²) in [6.07, 6.45) is -0.00255. The van der Waals surface area contributed by atoms with Gasteiger partial charge < -0.3 is 20.1 Å². The summed E-state index contributed by atoms with van der Waals surface area (Å²) in [7, 11) is 0. The van der Waals surface area contributed by atoms with Gasteiger partial charge in [0.05, 0.1) is 25.9 Å². The lowest BCUT2D eigenvalue weighted by Gasteiger charge is -2.47. The minimum absolute atomic E-state index is 0.00255. The number of hydrogen-bond donors (Lipinski definition) is 2. The molecule has 3 unspecified atom stereocenters. The van der Waals surface area contributed by atoms with Crippen LogP contribution in [0.1, 0.15) is 47.6 Å². The first-order valence-electron chi connectivity index (χ1n) is 12.8. The molecule has 0 radical (unpaired) electrons. The summed E-state index contributed by atoms with van der Waals surface area (Å²) >= 11 is 12.8. The number of carbonyl (C=O) groups is 2. The van der Waals surface area contributed by atoms with E-state index in [1.54, 1.807) is 42.5 Å². The molecule has 2 saturated heterocycles. The van der Waals surface area contributed by atoms with Crippen molar-refractivity contribution in [2.75, 3.05) is 25.1 Å². The van der Waals surface area contributed by atoms with Crippen molar-refractivity contribution in [3.8, 4) is 5.75 Å². The lowest BCUT2D eigenvalue weighted by molar-refractivity contribution is -0.131. The van der Waals surface area contributed by atoms with Gasteiger partial charge in [-0.15, -0.1) is 0 Å². The van der Waals surface area contributed by atoms with Crippen molar-refractivity contribution >= 4 is 40.7 Å². The van der Waals surface area contributed by atoms with E-state index in [0.29, 0.717) is 58.0 Å². The minimum atomic E-state index is -1.33. The molecular weight excluding hydrogens is 542 g/mol. The summed E-state index contributed by atoms with van der Waals surface area (Å²) in [6.45, 7) is 5.49. The fraction of sp³-hybridized carbons (Fsp3) is 0.333. The molecule has 2 N–H and O–H groups in total. The van der Waals surface area contributed by atoms with E-state index in [1.165, 1.54) is 12.1 Å². The zero-order valence-corrected chi connectivity index (χ0v) is 23.0. The Morgan fingerprint density at radius 2 is 1.77 bits per heavy atom. The molecule has 3 aliphatic heterocycles. The molecule has 0 aromatic heterocycles. The fourth-order valence-corrected chi connectivity index (χ4v) is 6.50. The van der Waals surface area contributed by atoms with E-state index >= 15 is 0 Å². The van der Waals surface area contributed by atoms with Crippen LogP contribution >= 0.6 is 23.2 Å². The minimum Gasteiger partial charge on any atom is -0.493 e. The Bertz CT molecular complexity index is 1510. The van der Waals surface area contributed by atoms with Crippen LogP contribution in [-0.2, 0) is 19.7 Å². The van der Waals surface area contributed by atoms with Crippen LogP contribution in [0, 0.1) is 18.2 Å². The average molecular weight is 569 g/mol. The number of halogens is 3. The molecule has 3 aromatic carbocycles. The van der Waals surface area contributed by atoms with Gasteiger partial charge in [-0.2, -0.15) is 0 Å². The first kappa shape index (κ1) is 26.1. The van der Waals surface area contributed by atoms with Crippen LogP contribution in [0.4, 0.5) is 10.1 Å². The van der Waals surface area contributed by atoms with Gasteiger partial charge in [0.1, 0.15) is 17.0 Å². The second kappa shape index (κ2) is 9.51. The monoisotopic (exact) mass is 568 g/mol. The molecule has 9 heteroatoms. The molecule has 2 fully saturated rings. The quantitative estimate of drug-likeness (QED) is 0.390. The second-order valence-electron chi connectivity index (χ2n) is 11.0. The smallest absolute Gasteiger partial charge is 0.238 e. The highest BCUT2D eigenvalue weighted by Gasteiger charge is 2.62. The number of anilines is 1. The predicted octanol–water partition coefficient (Wildman–Crippen LogP) is 6.09. The zero-order valence-electron chi connectivity index (χ0n) is 21.4. The average Bonchev–Trinajstić information content (AvgIpc) is 3.16. The highest BCUT2D eigenvalue weighted by Crippen LogP contribution is 2.59. The third-order valence-corrected chi connectivity index (χ3v) is 8.60. The van der Waals surface area contributed by atoms with Gasteiger partial charge in [0, 0.05) is 39.0 Å². The van der Waals surface area contributed by atoms with Gasteiger partial charge in [-0.05, 0) is 66.1 Å². The maximum atomic E-state index is 14.6. The molecule has 3 atom stereocenters. The Morgan fingerprint density at radius 3 is 2.51 bits per heavy atom. The lowest BCUT2D eigenvalue weighted by atomic mass is 9.59. The summed E-state index contributed by atoms with van der Waals surface area (Å²) in [4.78, 5) is 27.6. The van der Waals surface area contributed by atoms with Gasteiger partial charge in [0.15, 0.2) is 0 Å². The summed E-state index contributed by atoms with van der Waals surface area (Å²) < 4.78 is 26.3. The van der Waals surface area contributed by atoms with Crippen LogP contribution in [-0.4, -0.2) is 31.6 Å². The Labute approximate surface area is 235 Å². The normalized spacial score (nSPS) is 25.1. The van der Waals surface area contributed by atoms with Gasteiger partial charge in [0.25, 0.3) is 0 Å². The second-order valence-corrected chi connectivity index (χ2v) is 11.9. The molecule has 39 heavy (non-hydrogen) atoms. The number of fused-ring (bicyclic) bond motifs is 2. The number of benzene rings is 3. The van der Waals surface area contributed by atoms with Crippen LogP contribution in [0.3, 0.4) is 0 Å². The van der Waals surface area contributed by atoms with Crippen molar-refractivity contribution in [3.63, 3.8) is 0 Å². The molecule has 0 saturated carbocycles. The van der Waals surface area contributed by atoms with E-state index in [-0.39, 0.29) is 23.7 Å². The predicted molar refractivity (Wildman–Crippen MR) is 147 cm³/mol. The number of ether oxygens (including phenoxy) is 2. The molecule has 3 heterocycles. The van der Waals surface area contributed by atoms with Gasteiger partial charge in [-0.1, -0.05) is 42.3 Å². The number of hydrogen-bond acceptors (Lipinski definition) is 4. The number of nitrogens with one attached hydrogen (secondary N) is 2. The van der Waals surface area contributed by atoms with Crippen molar-refractivity contribution in [2.45, 2.75) is 37.6 Å². The molecular formula is C30H27Cl2FN2O4. The topological polar surface area (TPSA) is 76.7 Å². The van der Waals surface area contributed by atoms with Crippen molar-refractivity contribution in [3.05, 3.63) is 92.7 Å². The van der Waals surface area contributed by atoms with Crippen LogP contribution in [0.15, 0.2) is 54.6 Å². The molecule has 6 nitrogen and oxygen atoms in total. The summed E-state index contributed by atoms with van der Waals surface area (Å²) in [5, 5.41) is 6.95. The molecule has 1 spiro atoms. The maximum absolute atomic E-state index is 14.6. The molecule has 0 bridgehead atoms. The number of piperidine rings is 1. The lowest BCUT2D eigenvalue weighted by Crippen LogP contribution is -2.57. The number of carbonyl (C=O) groups excluding carboxylic acids is 2. The fourth-order valence-electron chi connectivity index (χ4n) is 6.15. The van der Waals surface area contributed by atoms with Gasteiger partial charge in [0.2, 0.25) is 11.8 Å². The third kappa shape index (κ3) is 4.28. The number of amides is 2. The highest BCUT2D eigenvalue weighted by atomic mass is 35.5. The van der Waals surface area contributed by atoms with Gasteiger partial charge in [-0.25, -0.2) is 4.39 Å². The first-order chi connectivity index (χ1) is 18.6. The summed E-state index contributed by atoms with van der Waals surface area (Å²) in [6, 6.07) is 14.0. The van der Waals surface area contributed by atoms with Crippen LogP contribution in [0.2, 0.25) is 10.0 Å². The van der Waals surface area contributed by atoms with Gasteiger partial charge >= 0.3 is 0 Å². The van der Waals surface area contributed by atoms with Crippen LogP contribution in [0.25, 0.3) is 0 Å².